The van der Waals surface area contributed by atoms with Crippen molar-refractivity contribution in [2.75, 3.05) is 26.3 Å². The number of nitrogens with zero attached hydrogens (tertiary/aromatic N) is 3. The first kappa shape index (κ1) is 19.4. The SMILES string of the molecule is CCOC(=O)[C@]1(CCOc2ccccc2)CCCN(Cc2nccn2C)C1. The van der Waals surface area contributed by atoms with Crippen LogP contribution in [0.1, 0.15) is 32.0 Å². The molecule has 0 spiro atoms. The molecule has 1 saturated heterocycles. The summed E-state index contributed by atoms with van der Waals surface area (Å²) in [6, 6.07) is 9.73. The maximum Gasteiger partial charge on any atom is 0.313 e. The number of hydrogen-bond donors (Lipinski definition) is 0. The molecule has 0 aliphatic carbocycles. The number of benzene rings is 1. The van der Waals surface area contributed by atoms with E-state index in [1.54, 1.807) is 0 Å². The van der Waals surface area contributed by atoms with Crippen LogP contribution in [0.4, 0.5) is 0 Å². The molecule has 1 aliphatic heterocycles. The summed E-state index contributed by atoms with van der Waals surface area (Å²) in [6.07, 6.45) is 6.21. The highest BCUT2D eigenvalue weighted by Crippen LogP contribution is 2.36. The van der Waals surface area contributed by atoms with Crippen LogP contribution < -0.4 is 4.74 Å². The molecule has 27 heavy (non-hydrogen) atoms. The number of carbonyl (C=O) groups excluding carboxylic acids is 1. The van der Waals surface area contributed by atoms with Gasteiger partial charge in [-0.3, -0.25) is 9.69 Å². The van der Waals surface area contributed by atoms with Crippen LogP contribution in [-0.2, 0) is 23.1 Å². The van der Waals surface area contributed by atoms with Gasteiger partial charge in [-0.15, -0.1) is 0 Å². The van der Waals surface area contributed by atoms with Gasteiger partial charge < -0.3 is 14.0 Å². The summed E-state index contributed by atoms with van der Waals surface area (Å²) in [5.41, 5.74) is -0.520. The van der Waals surface area contributed by atoms with E-state index in [0.717, 1.165) is 37.5 Å². The number of ether oxygens (including phenoxy) is 2. The Balaban J connectivity index is 1.67. The number of hydrogen-bond acceptors (Lipinski definition) is 5. The molecule has 1 aromatic heterocycles. The van der Waals surface area contributed by atoms with Crippen LogP contribution in [0.5, 0.6) is 5.75 Å². The van der Waals surface area contributed by atoms with Crippen molar-refractivity contribution >= 4 is 5.97 Å². The van der Waals surface area contributed by atoms with Gasteiger partial charge >= 0.3 is 5.97 Å². The van der Waals surface area contributed by atoms with Crippen LogP contribution >= 0.6 is 0 Å². The molecule has 0 saturated carbocycles. The number of esters is 1. The van der Waals surface area contributed by atoms with E-state index in [0.29, 0.717) is 26.2 Å². The zero-order valence-corrected chi connectivity index (χ0v) is 16.3. The average molecular weight is 371 g/mol. The van der Waals surface area contributed by atoms with Crippen molar-refractivity contribution in [2.24, 2.45) is 12.5 Å². The largest absolute Gasteiger partial charge is 0.494 e. The Hall–Kier alpha value is -2.34. The topological polar surface area (TPSA) is 56.6 Å². The third-order valence-corrected chi connectivity index (χ3v) is 5.24. The first-order chi connectivity index (χ1) is 13.1. The summed E-state index contributed by atoms with van der Waals surface area (Å²) in [7, 11) is 2.00. The number of rotatable bonds is 8. The first-order valence-electron chi connectivity index (χ1n) is 9.66. The van der Waals surface area contributed by atoms with Crippen molar-refractivity contribution in [3.63, 3.8) is 0 Å². The Morgan fingerprint density at radius 2 is 2.11 bits per heavy atom. The van der Waals surface area contributed by atoms with Gasteiger partial charge in [0.05, 0.1) is 25.2 Å². The molecule has 1 atom stereocenters. The van der Waals surface area contributed by atoms with E-state index in [1.807, 2.05) is 61.3 Å². The Labute approximate surface area is 161 Å². The van der Waals surface area contributed by atoms with E-state index in [-0.39, 0.29) is 5.97 Å². The summed E-state index contributed by atoms with van der Waals surface area (Å²) in [5, 5.41) is 0. The van der Waals surface area contributed by atoms with Gasteiger partial charge in [0.2, 0.25) is 0 Å². The maximum atomic E-state index is 12.9. The molecular formula is C21H29N3O3. The van der Waals surface area contributed by atoms with E-state index in [2.05, 4.69) is 9.88 Å². The molecule has 3 rings (SSSR count). The molecule has 0 radical (unpaired) electrons. The molecule has 0 unspecified atom stereocenters. The molecule has 0 N–H and O–H groups in total. The lowest BCUT2D eigenvalue weighted by Gasteiger charge is -2.40. The van der Waals surface area contributed by atoms with Gasteiger partial charge in [0, 0.05) is 26.0 Å². The number of aryl methyl sites for hydroxylation is 1. The molecular weight excluding hydrogens is 342 g/mol. The molecule has 0 amide bonds. The lowest BCUT2D eigenvalue weighted by Crippen LogP contribution is -2.49. The summed E-state index contributed by atoms with van der Waals surface area (Å²) >= 11 is 0. The van der Waals surface area contributed by atoms with E-state index >= 15 is 0 Å². The summed E-state index contributed by atoms with van der Waals surface area (Å²) in [5.74, 6) is 1.73. The lowest BCUT2D eigenvalue weighted by molar-refractivity contribution is -0.160. The molecule has 1 fully saturated rings. The lowest BCUT2D eigenvalue weighted by atomic mass is 9.77. The highest BCUT2D eigenvalue weighted by atomic mass is 16.5. The van der Waals surface area contributed by atoms with Gasteiger partial charge in [0.1, 0.15) is 11.6 Å². The number of likely N-dealkylation sites (tertiary alicyclic amines) is 1. The molecule has 6 nitrogen and oxygen atoms in total. The minimum Gasteiger partial charge on any atom is -0.494 e. The van der Waals surface area contributed by atoms with Gasteiger partial charge in [-0.25, -0.2) is 4.98 Å². The average Bonchev–Trinajstić information content (AvgIpc) is 3.08. The molecule has 6 heteroatoms. The molecule has 1 aromatic carbocycles. The Morgan fingerprint density at radius 1 is 1.30 bits per heavy atom. The predicted molar refractivity (Wildman–Crippen MR) is 103 cm³/mol. The maximum absolute atomic E-state index is 12.9. The Bertz CT molecular complexity index is 731. The van der Waals surface area contributed by atoms with Crippen LogP contribution in [0.15, 0.2) is 42.7 Å². The van der Waals surface area contributed by atoms with Crippen LogP contribution in [0.2, 0.25) is 0 Å². The van der Waals surface area contributed by atoms with E-state index in [9.17, 15) is 4.79 Å². The van der Waals surface area contributed by atoms with Crippen molar-refractivity contribution in [3.8, 4) is 5.75 Å². The molecule has 2 heterocycles. The van der Waals surface area contributed by atoms with Crippen LogP contribution in [0, 0.1) is 5.41 Å². The third-order valence-electron chi connectivity index (χ3n) is 5.24. The Morgan fingerprint density at radius 3 is 2.81 bits per heavy atom. The smallest absolute Gasteiger partial charge is 0.313 e. The molecule has 0 bridgehead atoms. The van der Waals surface area contributed by atoms with Crippen molar-refractivity contribution < 1.29 is 14.3 Å². The minimum absolute atomic E-state index is 0.105. The molecule has 2 aromatic rings. The number of para-hydroxylation sites is 1. The van der Waals surface area contributed by atoms with E-state index in [1.165, 1.54) is 0 Å². The van der Waals surface area contributed by atoms with Gasteiger partial charge in [0.25, 0.3) is 0 Å². The van der Waals surface area contributed by atoms with Gasteiger partial charge in [-0.2, -0.15) is 0 Å². The highest BCUT2D eigenvalue weighted by Gasteiger charge is 2.43. The summed E-state index contributed by atoms with van der Waals surface area (Å²) < 4.78 is 13.4. The summed E-state index contributed by atoms with van der Waals surface area (Å²) in [6.45, 7) is 5.15. The van der Waals surface area contributed by atoms with E-state index in [4.69, 9.17) is 9.47 Å². The normalized spacial score (nSPS) is 20.4. The monoisotopic (exact) mass is 371 g/mol. The summed E-state index contributed by atoms with van der Waals surface area (Å²) in [4.78, 5) is 19.6. The van der Waals surface area contributed by atoms with Crippen LogP contribution in [-0.4, -0.2) is 46.7 Å². The van der Waals surface area contributed by atoms with Crippen molar-refractivity contribution in [1.82, 2.24) is 14.5 Å². The third kappa shape index (κ3) is 4.89. The number of carbonyl (C=O) groups is 1. The number of imidazole rings is 1. The van der Waals surface area contributed by atoms with Crippen molar-refractivity contribution in [2.45, 2.75) is 32.7 Å². The zero-order valence-electron chi connectivity index (χ0n) is 16.3. The molecule has 1 aliphatic rings. The predicted octanol–water partition coefficient (Wildman–Crippen LogP) is 3.03. The van der Waals surface area contributed by atoms with Crippen molar-refractivity contribution in [1.29, 1.82) is 0 Å². The highest BCUT2D eigenvalue weighted by molar-refractivity contribution is 5.77. The van der Waals surface area contributed by atoms with E-state index < -0.39 is 5.41 Å². The second kappa shape index (κ2) is 9.04. The fraction of sp³-hybridized carbons (Fsp3) is 0.524. The molecule has 146 valence electrons. The van der Waals surface area contributed by atoms with Gasteiger partial charge in [-0.1, -0.05) is 18.2 Å². The van der Waals surface area contributed by atoms with Crippen LogP contribution in [0.3, 0.4) is 0 Å². The second-order valence-electron chi connectivity index (χ2n) is 7.18. The zero-order chi connectivity index (χ0) is 19.1. The second-order valence-corrected chi connectivity index (χ2v) is 7.18. The first-order valence-corrected chi connectivity index (χ1v) is 9.66. The number of aromatic nitrogens is 2. The standard InChI is InChI=1S/C21H29N3O3/c1-3-26-20(25)21(11-15-27-18-8-5-4-6-9-18)10-7-13-24(17-21)16-19-22-12-14-23(19)2/h4-6,8-9,12,14H,3,7,10-11,13,15-17H2,1-2H3/t21-/m0/s1. The fourth-order valence-corrected chi connectivity index (χ4v) is 3.75. The number of piperidine rings is 1. The fourth-order valence-electron chi connectivity index (χ4n) is 3.75. The van der Waals surface area contributed by atoms with Gasteiger partial charge in [0.15, 0.2) is 0 Å². The van der Waals surface area contributed by atoms with Gasteiger partial charge in [-0.05, 0) is 44.9 Å². The van der Waals surface area contributed by atoms with Crippen LogP contribution in [0.25, 0.3) is 0 Å². The minimum atomic E-state index is -0.520. The van der Waals surface area contributed by atoms with Crippen molar-refractivity contribution in [3.05, 3.63) is 48.5 Å². The Kier molecular flexibility index (Phi) is 6.50. The quantitative estimate of drug-likeness (QED) is 0.668.